The molecule has 1 N–H and O–H groups in total. The number of non-ortho nitro benzene ring substituents is 1. The normalized spacial score (nSPS) is 10.5. The molecule has 0 radical (unpaired) electrons. The van der Waals surface area contributed by atoms with Gasteiger partial charge in [0.05, 0.1) is 11.5 Å². The molecule has 0 aromatic heterocycles. The van der Waals surface area contributed by atoms with Gasteiger partial charge in [-0.2, -0.15) is 0 Å². The molecular weight excluding hydrogens is 315 g/mol. The van der Waals surface area contributed by atoms with Crippen LogP contribution in [0.1, 0.15) is 5.56 Å². The molecule has 0 saturated heterocycles. The average Bonchev–Trinajstić information content (AvgIpc) is 2.58. The maximum Gasteiger partial charge on any atom is 0.269 e. The smallest absolute Gasteiger partial charge is 0.269 e. The van der Waals surface area contributed by atoms with Gasteiger partial charge in [0.1, 0.15) is 6.61 Å². The molecule has 1 amide bonds. The molecule has 2 rings (SSSR count). The Kier molecular flexibility index (Phi) is 6.01. The minimum atomic E-state index is -0.490. The minimum Gasteiger partial charge on any atom is -0.489 e. The molecule has 0 fully saturated rings. The van der Waals surface area contributed by atoms with Gasteiger partial charge in [0.2, 0.25) is 5.91 Å². The predicted octanol–water partition coefficient (Wildman–Crippen LogP) is 2.94. The Morgan fingerprint density at radius 1 is 1.21 bits per heavy atom. The van der Waals surface area contributed by atoms with E-state index in [0.29, 0.717) is 5.56 Å². The molecule has 24 heavy (non-hydrogen) atoms. The summed E-state index contributed by atoms with van der Waals surface area (Å²) in [6.45, 7) is 0.357. The van der Waals surface area contributed by atoms with E-state index in [1.54, 1.807) is 24.3 Å². The first-order chi connectivity index (χ1) is 11.6. The van der Waals surface area contributed by atoms with Crippen LogP contribution in [0, 0.1) is 15.9 Å². The van der Waals surface area contributed by atoms with Crippen LogP contribution >= 0.6 is 0 Å². The lowest BCUT2D eigenvalue weighted by molar-refractivity contribution is -0.384. The molecular formula is C17H15FN2O4. The Labute approximate surface area is 137 Å². The number of amides is 1. The van der Waals surface area contributed by atoms with Crippen molar-refractivity contribution in [2.24, 2.45) is 0 Å². The molecule has 7 heteroatoms. The first-order valence-corrected chi connectivity index (χ1v) is 7.14. The lowest BCUT2D eigenvalue weighted by Crippen LogP contribution is -2.26. The molecule has 0 heterocycles. The van der Waals surface area contributed by atoms with Crippen molar-refractivity contribution in [1.29, 1.82) is 0 Å². The number of nitro groups is 1. The Hall–Kier alpha value is -3.22. The Balaban J connectivity index is 1.74. The number of para-hydroxylation sites is 1. The molecule has 0 aliphatic carbocycles. The van der Waals surface area contributed by atoms with Gasteiger partial charge in [0.15, 0.2) is 11.6 Å². The summed E-state index contributed by atoms with van der Waals surface area (Å²) in [6.07, 6.45) is 2.85. The fourth-order valence-electron chi connectivity index (χ4n) is 1.83. The largest absolute Gasteiger partial charge is 0.489 e. The van der Waals surface area contributed by atoms with Crippen molar-refractivity contribution in [1.82, 2.24) is 5.32 Å². The van der Waals surface area contributed by atoms with Gasteiger partial charge in [-0.15, -0.1) is 0 Å². The van der Waals surface area contributed by atoms with E-state index in [1.165, 1.54) is 36.4 Å². The molecule has 2 aromatic carbocycles. The van der Waals surface area contributed by atoms with Crippen LogP contribution in [0.3, 0.4) is 0 Å². The average molecular weight is 330 g/mol. The second-order valence-electron chi connectivity index (χ2n) is 4.75. The molecule has 6 nitrogen and oxygen atoms in total. The quantitative estimate of drug-likeness (QED) is 0.366. The van der Waals surface area contributed by atoms with Crippen LogP contribution in [0.5, 0.6) is 5.75 Å². The summed E-state index contributed by atoms with van der Waals surface area (Å²) in [4.78, 5) is 21.7. The van der Waals surface area contributed by atoms with Crippen molar-refractivity contribution < 1.29 is 18.8 Å². The third-order valence-electron chi connectivity index (χ3n) is 3.03. The highest BCUT2D eigenvalue weighted by Gasteiger charge is 2.03. The number of nitro benzene ring substituents is 1. The number of halogens is 1. The highest BCUT2D eigenvalue weighted by molar-refractivity contribution is 5.91. The summed E-state index contributed by atoms with van der Waals surface area (Å²) in [5.74, 6) is -0.666. The number of nitrogens with one attached hydrogen (secondary N) is 1. The van der Waals surface area contributed by atoms with Crippen molar-refractivity contribution in [3.8, 4) is 5.75 Å². The van der Waals surface area contributed by atoms with Crippen LogP contribution in [0.2, 0.25) is 0 Å². The summed E-state index contributed by atoms with van der Waals surface area (Å²) in [7, 11) is 0. The van der Waals surface area contributed by atoms with Crippen LogP contribution in [-0.2, 0) is 4.79 Å². The zero-order valence-electron chi connectivity index (χ0n) is 12.6. The van der Waals surface area contributed by atoms with Gasteiger partial charge >= 0.3 is 0 Å². The monoisotopic (exact) mass is 330 g/mol. The van der Waals surface area contributed by atoms with Crippen LogP contribution in [-0.4, -0.2) is 24.0 Å². The fraction of sp³-hybridized carbons (Fsp3) is 0.118. The van der Waals surface area contributed by atoms with E-state index in [4.69, 9.17) is 4.74 Å². The molecule has 0 aliphatic rings. The van der Waals surface area contributed by atoms with E-state index in [0.717, 1.165) is 0 Å². The van der Waals surface area contributed by atoms with Crippen molar-refractivity contribution in [2.45, 2.75) is 0 Å². The summed E-state index contributed by atoms with van der Waals surface area (Å²) >= 11 is 0. The Morgan fingerprint density at radius 3 is 2.58 bits per heavy atom. The van der Waals surface area contributed by atoms with E-state index >= 15 is 0 Å². The van der Waals surface area contributed by atoms with Crippen LogP contribution < -0.4 is 10.1 Å². The van der Waals surface area contributed by atoms with Crippen LogP contribution in [0.15, 0.2) is 54.6 Å². The van der Waals surface area contributed by atoms with Gasteiger partial charge in [0.25, 0.3) is 5.69 Å². The minimum absolute atomic E-state index is 0.0121. The molecule has 2 aromatic rings. The lowest BCUT2D eigenvalue weighted by Gasteiger charge is -2.07. The second-order valence-corrected chi connectivity index (χ2v) is 4.75. The maximum atomic E-state index is 13.3. The molecule has 124 valence electrons. The van der Waals surface area contributed by atoms with Crippen molar-refractivity contribution in [3.63, 3.8) is 0 Å². The van der Waals surface area contributed by atoms with Crippen molar-refractivity contribution in [3.05, 3.63) is 76.1 Å². The maximum absolute atomic E-state index is 13.3. The number of ether oxygens (including phenoxy) is 1. The second kappa shape index (κ2) is 8.42. The van der Waals surface area contributed by atoms with Crippen LogP contribution in [0.4, 0.5) is 10.1 Å². The molecule has 0 spiro atoms. The molecule has 0 unspecified atom stereocenters. The Morgan fingerprint density at radius 2 is 1.92 bits per heavy atom. The summed E-state index contributed by atoms with van der Waals surface area (Å²) < 4.78 is 18.5. The zero-order chi connectivity index (χ0) is 17.4. The Bertz CT molecular complexity index is 745. The van der Waals surface area contributed by atoms with Crippen molar-refractivity contribution in [2.75, 3.05) is 13.2 Å². The van der Waals surface area contributed by atoms with E-state index in [1.807, 2.05) is 0 Å². The lowest BCUT2D eigenvalue weighted by atomic mass is 10.2. The van der Waals surface area contributed by atoms with Crippen LogP contribution in [0.25, 0.3) is 6.08 Å². The molecule has 0 aliphatic heterocycles. The van der Waals surface area contributed by atoms with Gasteiger partial charge < -0.3 is 10.1 Å². The summed E-state index contributed by atoms with van der Waals surface area (Å²) in [5.41, 5.74) is 0.653. The van der Waals surface area contributed by atoms with E-state index in [2.05, 4.69) is 5.32 Å². The van der Waals surface area contributed by atoms with Gasteiger partial charge in [-0.1, -0.05) is 12.1 Å². The van der Waals surface area contributed by atoms with Gasteiger partial charge in [-0.05, 0) is 35.9 Å². The SMILES string of the molecule is O=C(C=Cc1ccc([N+](=O)[O-])cc1)NCCOc1ccccc1F. The zero-order valence-corrected chi connectivity index (χ0v) is 12.6. The predicted molar refractivity (Wildman–Crippen MR) is 87.0 cm³/mol. The van der Waals surface area contributed by atoms with Gasteiger partial charge in [-0.3, -0.25) is 14.9 Å². The van der Waals surface area contributed by atoms with Gasteiger partial charge in [-0.25, -0.2) is 4.39 Å². The number of hydrogen-bond donors (Lipinski definition) is 1. The number of nitrogens with zero attached hydrogens (tertiary/aromatic N) is 1. The number of hydrogen-bond acceptors (Lipinski definition) is 4. The standard InChI is InChI=1S/C17H15FN2O4/c18-15-3-1-2-4-16(15)24-12-11-19-17(21)10-7-13-5-8-14(9-6-13)20(22)23/h1-10H,11-12H2,(H,19,21). The van der Waals surface area contributed by atoms with E-state index < -0.39 is 10.7 Å². The summed E-state index contributed by atoms with van der Waals surface area (Å²) in [5, 5.41) is 13.1. The number of carbonyl (C=O) groups excluding carboxylic acids is 1. The number of carbonyl (C=O) groups is 1. The molecule has 0 bridgehead atoms. The highest BCUT2D eigenvalue weighted by atomic mass is 19.1. The van der Waals surface area contributed by atoms with Crippen molar-refractivity contribution >= 4 is 17.7 Å². The number of rotatable bonds is 7. The summed E-state index contributed by atoms with van der Waals surface area (Å²) in [6, 6.07) is 11.8. The fourth-order valence-corrected chi connectivity index (χ4v) is 1.83. The van der Waals surface area contributed by atoms with E-state index in [9.17, 15) is 19.3 Å². The first kappa shape index (κ1) is 17.1. The molecule has 0 saturated carbocycles. The number of benzene rings is 2. The first-order valence-electron chi connectivity index (χ1n) is 7.14. The third-order valence-corrected chi connectivity index (χ3v) is 3.03. The topological polar surface area (TPSA) is 81.5 Å². The molecule has 0 atom stereocenters. The van der Waals surface area contributed by atoms with Gasteiger partial charge in [0, 0.05) is 18.2 Å². The third kappa shape index (κ3) is 5.20. The highest BCUT2D eigenvalue weighted by Crippen LogP contribution is 2.15. The van der Waals surface area contributed by atoms with E-state index in [-0.39, 0.29) is 30.5 Å².